The van der Waals surface area contributed by atoms with E-state index in [1.807, 2.05) is 25.1 Å². The van der Waals surface area contributed by atoms with Crippen molar-refractivity contribution in [1.82, 2.24) is 4.98 Å². The Morgan fingerprint density at radius 3 is 2.43 bits per heavy atom. The third-order valence-electron chi connectivity index (χ3n) is 3.52. The molecule has 142 valence electrons. The Kier molecular flexibility index (Phi) is 7.60. The molecular formula is C22H20FN3O2. The highest BCUT2D eigenvalue weighted by Crippen LogP contribution is 2.11. The Hall–Kier alpha value is -3.80. The molecule has 28 heavy (non-hydrogen) atoms. The summed E-state index contributed by atoms with van der Waals surface area (Å²) < 4.78 is 12.9. The number of nitrogens with two attached hydrogens (primary N) is 1. The van der Waals surface area contributed by atoms with E-state index >= 15 is 0 Å². The third-order valence-corrected chi connectivity index (χ3v) is 3.52. The van der Waals surface area contributed by atoms with Crippen LogP contribution in [0.15, 0.2) is 79.1 Å². The highest BCUT2D eigenvalue weighted by Gasteiger charge is 2.05. The van der Waals surface area contributed by atoms with Crippen molar-refractivity contribution in [2.24, 2.45) is 5.73 Å². The largest absolute Gasteiger partial charge is 0.366 e. The number of benzene rings is 2. The summed E-state index contributed by atoms with van der Waals surface area (Å²) in [5.74, 6) is -1.06. The van der Waals surface area contributed by atoms with Gasteiger partial charge in [0.15, 0.2) is 0 Å². The quantitative estimate of drug-likeness (QED) is 0.675. The number of halogens is 1. The zero-order valence-electron chi connectivity index (χ0n) is 15.3. The molecule has 0 aliphatic rings. The minimum Gasteiger partial charge on any atom is -0.366 e. The smallest absolute Gasteiger partial charge is 0.255 e. The summed E-state index contributed by atoms with van der Waals surface area (Å²) in [7, 11) is 0. The molecule has 6 heteroatoms. The number of amides is 2. The lowest BCUT2D eigenvalue weighted by molar-refractivity contribution is -0.113. The van der Waals surface area contributed by atoms with Crippen LogP contribution in [-0.4, -0.2) is 16.8 Å². The molecule has 0 spiro atoms. The average Bonchev–Trinajstić information content (AvgIpc) is 2.68. The number of aryl methyl sites for hydroxylation is 1. The van der Waals surface area contributed by atoms with Crippen LogP contribution in [0.4, 0.5) is 10.1 Å². The second-order valence-corrected chi connectivity index (χ2v) is 5.85. The van der Waals surface area contributed by atoms with E-state index in [0.717, 1.165) is 11.1 Å². The van der Waals surface area contributed by atoms with Gasteiger partial charge in [-0.25, -0.2) is 4.39 Å². The second kappa shape index (κ2) is 10.4. The topological polar surface area (TPSA) is 85.1 Å². The zero-order valence-corrected chi connectivity index (χ0v) is 15.3. The van der Waals surface area contributed by atoms with Gasteiger partial charge in [-0.1, -0.05) is 29.8 Å². The highest BCUT2D eigenvalue weighted by molar-refractivity contribution is 6.04. The number of aromatic nitrogens is 1. The second-order valence-electron chi connectivity index (χ2n) is 5.85. The fourth-order valence-corrected chi connectivity index (χ4v) is 2.13. The molecule has 0 saturated carbocycles. The van der Waals surface area contributed by atoms with Crippen LogP contribution in [0.2, 0.25) is 0 Å². The van der Waals surface area contributed by atoms with Crippen molar-refractivity contribution in [2.45, 2.75) is 6.92 Å². The van der Waals surface area contributed by atoms with E-state index in [2.05, 4.69) is 10.3 Å². The molecular weight excluding hydrogens is 357 g/mol. The SMILES string of the molecule is Cc1ccc(C(=O)Nc2cccc(F)c2)cc1.NC(=O)C=Cc1cccnc1. The molecule has 0 atom stereocenters. The van der Waals surface area contributed by atoms with E-state index in [9.17, 15) is 14.0 Å². The molecule has 0 unspecified atom stereocenters. The molecule has 3 aromatic rings. The number of nitrogens with one attached hydrogen (secondary N) is 1. The Balaban J connectivity index is 0.000000221. The van der Waals surface area contributed by atoms with Gasteiger partial charge in [-0.05, 0) is 55.0 Å². The summed E-state index contributed by atoms with van der Waals surface area (Å²) in [6, 6.07) is 16.7. The van der Waals surface area contributed by atoms with Crippen LogP contribution in [0, 0.1) is 12.7 Å². The van der Waals surface area contributed by atoms with Crippen LogP contribution in [-0.2, 0) is 4.79 Å². The summed E-state index contributed by atoms with van der Waals surface area (Å²) in [5, 5.41) is 2.64. The molecule has 0 radical (unpaired) electrons. The first-order valence-electron chi connectivity index (χ1n) is 8.45. The van der Waals surface area contributed by atoms with Crippen LogP contribution in [0.1, 0.15) is 21.5 Å². The van der Waals surface area contributed by atoms with Crippen molar-refractivity contribution in [3.05, 3.63) is 102 Å². The van der Waals surface area contributed by atoms with E-state index in [1.165, 1.54) is 18.2 Å². The molecule has 3 rings (SSSR count). The van der Waals surface area contributed by atoms with Gasteiger partial charge < -0.3 is 11.1 Å². The molecule has 0 aliphatic carbocycles. The Bertz CT molecular complexity index is 955. The summed E-state index contributed by atoms with van der Waals surface area (Å²) in [6.45, 7) is 1.95. The van der Waals surface area contributed by atoms with E-state index in [0.29, 0.717) is 11.3 Å². The Labute approximate surface area is 162 Å². The number of carbonyl (C=O) groups is 2. The predicted octanol–water partition coefficient (Wildman–Crippen LogP) is 3.97. The standard InChI is InChI=1S/C14H12FNO.C8H8N2O/c1-10-5-7-11(8-6-10)14(17)16-13-4-2-3-12(15)9-13;9-8(11)4-3-7-2-1-5-10-6-7/h2-9H,1H3,(H,16,17);1-6H,(H2,9,11). The maximum absolute atomic E-state index is 12.9. The van der Waals surface area contributed by atoms with Crippen LogP contribution in [0.5, 0.6) is 0 Å². The number of nitrogens with zero attached hydrogens (tertiary/aromatic N) is 1. The van der Waals surface area contributed by atoms with Crippen LogP contribution in [0.3, 0.4) is 0 Å². The number of hydrogen-bond acceptors (Lipinski definition) is 3. The van der Waals surface area contributed by atoms with Gasteiger partial charge in [-0.3, -0.25) is 14.6 Å². The van der Waals surface area contributed by atoms with Gasteiger partial charge in [0.1, 0.15) is 5.82 Å². The zero-order chi connectivity index (χ0) is 20.4. The first-order chi connectivity index (χ1) is 13.4. The molecule has 1 aromatic heterocycles. The van der Waals surface area contributed by atoms with Crippen LogP contribution >= 0.6 is 0 Å². The molecule has 5 nitrogen and oxygen atoms in total. The van der Waals surface area contributed by atoms with E-state index in [-0.39, 0.29) is 11.7 Å². The fourth-order valence-electron chi connectivity index (χ4n) is 2.13. The first kappa shape index (κ1) is 20.5. The molecule has 0 saturated heterocycles. The maximum atomic E-state index is 12.9. The first-order valence-corrected chi connectivity index (χ1v) is 8.45. The minimum atomic E-state index is -0.450. The Morgan fingerprint density at radius 2 is 1.82 bits per heavy atom. The van der Waals surface area contributed by atoms with Gasteiger partial charge in [0.05, 0.1) is 0 Å². The predicted molar refractivity (Wildman–Crippen MR) is 108 cm³/mol. The van der Waals surface area contributed by atoms with Gasteiger partial charge in [-0.2, -0.15) is 0 Å². The number of primary amides is 1. The Morgan fingerprint density at radius 1 is 1.07 bits per heavy atom. The lowest BCUT2D eigenvalue weighted by Crippen LogP contribution is -2.11. The maximum Gasteiger partial charge on any atom is 0.255 e. The van der Waals surface area contributed by atoms with Crippen LogP contribution in [0.25, 0.3) is 6.08 Å². The van der Waals surface area contributed by atoms with Gasteiger partial charge >= 0.3 is 0 Å². The summed E-state index contributed by atoms with van der Waals surface area (Å²) in [4.78, 5) is 26.0. The molecule has 0 bridgehead atoms. The van der Waals surface area contributed by atoms with E-state index in [4.69, 9.17) is 5.73 Å². The molecule has 2 amide bonds. The van der Waals surface area contributed by atoms with Gasteiger partial charge in [0, 0.05) is 29.7 Å². The normalized spacial score (nSPS) is 10.1. The van der Waals surface area contributed by atoms with Gasteiger partial charge in [0.2, 0.25) is 5.91 Å². The number of anilines is 1. The monoisotopic (exact) mass is 377 g/mol. The van der Waals surface area contributed by atoms with Crippen molar-refractivity contribution < 1.29 is 14.0 Å². The summed E-state index contributed by atoms with van der Waals surface area (Å²) in [6.07, 6.45) is 6.24. The summed E-state index contributed by atoms with van der Waals surface area (Å²) in [5.41, 5.74) is 7.86. The van der Waals surface area contributed by atoms with Gasteiger partial charge in [0.25, 0.3) is 5.91 Å². The van der Waals surface area contributed by atoms with Crippen molar-refractivity contribution >= 4 is 23.6 Å². The lowest BCUT2D eigenvalue weighted by Gasteiger charge is -2.05. The molecule has 3 N–H and O–H groups in total. The molecule has 1 heterocycles. The van der Waals surface area contributed by atoms with Gasteiger partial charge in [-0.15, -0.1) is 0 Å². The number of carbonyl (C=O) groups excluding carboxylic acids is 2. The lowest BCUT2D eigenvalue weighted by atomic mass is 10.1. The van der Waals surface area contributed by atoms with Crippen LogP contribution < -0.4 is 11.1 Å². The number of rotatable bonds is 4. The highest BCUT2D eigenvalue weighted by atomic mass is 19.1. The average molecular weight is 377 g/mol. The molecule has 0 aliphatic heterocycles. The summed E-state index contributed by atoms with van der Waals surface area (Å²) >= 11 is 0. The number of pyridine rings is 1. The number of hydrogen-bond donors (Lipinski definition) is 2. The van der Waals surface area contributed by atoms with Crippen molar-refractivity contribution in [3.8, 4) is 0 Å². The van der Waals surface area contributed by atoms with E-state index in [1.54, 1.807) is 48.8 Å². The molecule has 0 fully saturated rings. The fraction of sp³-hybridized carbons (Fsp3) is 0.0455. The van der Waals surface area contributed by atoms with Crippen molar-refractivity contribution in [1.29, 1.82) is 0 Å². The molecule has 2 aromatic carbocycles. The third kappa shape index (κ3) is 7.21. The minimum absolute atomic E-state index is 0.240. The van der Waals surface area contributed by atoms with Crippen molar-refractivity contribution in [3.63, 3.8) is 0 Å². The van der Waals surface area contributed by atoms with E-state index < -0.39 is 5.91 Å². The van der Waals surface area contributed by atoms with Crippen molar-refractivity contribution in [2.75, 3.05) is 5.32 Å².